The summed E-state index contributed by atoms with van der Waals surface area (Å²) < 4.78 is 32.6. The molecule has 0 N–H and O–H groups in total. The zero-order valence-electron chi connectivity index (χ0n) is 15.0. The van der Waals surface area contributed by atoms with Crippen LogP contribution in [0, 0.1) is 0 Å². The number of nitrogens with zero attached hydrogens (tertiary/aromatic N) is 2. The third-order valence-electron chi connectivity index (χ3n) is 4.75. The number of ether oxygens (including phenoxy) is 1. The molecule has 0 unspecified atom stereocenters. The number of aromatic nitrogens is 1. The van der Waals surface area contributed by atoms with E-state index >= 15 is 0 Å². The van der Waals surface area contributed by atoms with Crippen molar-refractivity contribution in [1.29, 1.82) is 0 Å². The fraction of sp³-hybridized carbons (Fsp3) is 0.450. The molecule has 3 rings (SSSR count). The smallest absolute Gasteiger partial charge is 0.214 e. The first kappa shape index (κ1) is 19.0. The lowest BCUT2D eigenvalue weighted by Crippen LogP contribution is -2.42. The van der Waals surface area contributed by atoms with E-state index in [1.54, 1.807) is 16.7 Å². The van der Waals surface area contributed by atoms with Gasteiger partial charge in [0.2, 0.25) is 10.0 Å². The van der Waals surface area contributed by atoms with Gasteiger partial charge in [0.1, 0.15) is 0 Å². The van der Waals surface area contributed by atoms with Gasteiger partial charge < -0.3 is 4.74 Å². The van der Waals surface area contributed by atoms with E-state index in [0.29, 0.717) is 26.1 Å². The minimum absolute atomic E-state index is 0.137. The Labute approximate surface area is 156 Å². The molecule has 1 aromatic carbocycles. The number of benzene rings is 1. The highest BCUT2D eigenvalue weighted by molar-refractivity contribution is 7.89. The number of aryl methyl sites for hydroxylation is 1. The van der Waals surface area contributed by atoms with Crippen molar-refractivity contribution in [2.75, 3.05) is 25.4 Å². The fourth-order valence-corrected chi connectivity index (χ4v) is 4.71. The molecule has 2 heterocycles. The summed E-state index contributed by atoms with van der Waals surface area (Å²) in [6.07, 6.45) is 6.50. The van der Waals surface area contributed by atoms with E-state index in [-0.39, 0.29) is 11.9 Å². The van der Waals surface area contributed by atoms with Gasteiger partial charge in [-0.1, -0.05) is 36.4 Å². The normalized spacial score (nSPS) is 16.6. The van der Waals surface area contributed by atoms with E-state index < -0.39 is 10.0 Å². The molecule has 1 aliphatic rings. The first-order valence-corrected chi connectivity index (χ1v) is 10.8. The minimum atomic E-state index is -3.22. The molecule has 1 saturated heterocycles. The van der Waals surface area contributed by atoms with Crippen molar-refractivity contribution in [3.8, 4) is 0 Å². The van der Waals surface area contributed by atoms with Gasteiger partial charge in [-0.3, -0.25) is 4.98 Å². The zero-order chi connectivity index (χ0) is 18.2. The van der Waals surface area contributed by atoms with Crippen LogP contribution in [-0.2, 0) is 27.6 Å². The SMILES string of the molecule is O=S(=O)(CCc1cccnc1)N1CCC(OCCc2ccccc2)CC1. The number of sulfonamides is 1. The summed E-state index contributed by atoms with van der Waals surface area (Å²) in [7, 11) is -3.22. The second-order valence-corrected chi connectivity index (χ2v) is 8.72. The van der Waals surface area contributed by atoms with Gasteiger partial charge in [0.25, 0.3) is 0 Å². The molecule has 1 aliphatic heterocycles. The van der Waals surface area contributed by atoms with Crippen molar-refractivity contribution in [1.82, 2.24) is 9.29 Å². The van der Waals surface area contributed by atoms with Crippen LogP contribution in [0.1, 0.15) is 24.0 Å². The molecule has 0 aliphatic carbocycles. The molecule has 6 heteroatoms. The van der Waals surface area contributed by atoms with E-state index in [1.165, 1.54) is 5.56 Å². The van der Waals surface area contributed by atoms with Gasteiger partial charge in [0.05, 0.1) is 18.5 Å². The largest absolute Gasteiger partial charge is 0.378 e. The Kier molecular flexibility index (Phi) is 6.77. The Balaban J connectivity index is 1.39. The topological polar surface area (TPSA) is 59.5 Å². The molecule has 2 aromatic rings. The molecule has 0 bridgehead atoms. The van der Waals surface area contributed by atoms with Crippen molar-refractivity contribution in [2.24, 2.45) is 0 Å². The van der Waals surface area contributed by atoms with E-state index in [1.807, 2.05) is 30.3 Å². The quantitative estimate of drug-likeness (QED) is 0.713. The summed E-state index contributed by atoms with van der Waals surface area (Å²) in [5.41, 5.74) is 2.22. The van der Waals surface area contributed by atoms with Crippen LogP contribution in [-0.4, -0.2) is 49.3 Å². The van der Waals surface area contributed by atoms with Crippen molar-refractivity contribution in [3.05, 3.63) is 66.0 Å². The summed E-state index contributed by atoms with van der Waals surface area (Å²) in [4.78, 5) is 4.03. The third-order valence-corrected chi connectivity index (χ3v) is 6.62. The minimum Gasteiger partial charge on any atom is -0.378 e. The molecule has 5 nitrogen and oxygen atoms in total. The Morgan fingerprint density at radius 3 is 2.42 bits per heavy atom. The number of rotatable bonds is 8. The highest BCUT2D eigenvalue weighted by Gasteiger charge is 2.28. The molecule has 0 atom stereocenters. The maximum absolute atomic E-state index is 12.5. The van der Waals surface area contributed by atoms with Gasteiger partial charge in [-0.15, -0.1) is 0 Å². The van der Waals surface area contributed by atoms with Gasteiger partial charge in [-0.2, -0.15) is 0 Å². The second-order valence-electron chi connectivity index (χ2n) is 6.63. The fourth-order valence-electron chi connectivity index (χ4n) is 3.19. The lowest BCUT2D eigenvalue weighted by atomic mass is 10.1. The van der Waals surface area contributed by atoms with Crippen LogP contribution in [0.5, 0.6) is 0 Å². The zero-order valence-corrected chi connectivity index (χ0v) is 15.8. The summed E-state index contributed by atoms with van der Waals surface area (Å²) in [5, 5.41) is 0. The first-order chi connectivity index (χ1) is 12.6. The summed E-state index contributed by atoms with van der Waals surface area (Å²) >= 11 is 0. The lowest BCUT2D eigenvalue weighted by Gasteiger charge is -2.31. The summed E-state index contributed by atoms with van der Waals surface area (Å²) in [6, 6.07) is 14.0. The number of pyridine rings is 1. The number of hydrogen-bond acceptors (Lipinski definition) is 4. The molecule has 26 heavy (non-hydrogen) atoms. The molecular weight excluding hydrogens is 348 g/mol. The second kappa shape index (κ2) is 9.26. The van der Waals surface area contributed by atoms with Crippen molar-refractivity contribution >= 4 is 10.0 Å². The van der Waals surface area contributed by atoms with Gasteiger partial charge in [-0.25, -0.2) is 12.7 Å². The van der Waals surface area contributed by atoms with Crippen molar-refractivity contribution < 1.29 is 13.2 Å². The van der Waals surface area contributed by atoms with Crippen LogP contribution in [0.15, 0.2) is 54.9 Å². The standard InChI is InChI=1S/C20H26N2O3S/c23-26(24,16-11-19-7-4-12-21-17-19)22-13-8-20(9-14-22)25-15-10-18-5-2-1-3-6-18/h1-7,12,17,20H,8-11,13-16H2. The highest BCUT2D eigenvalue weighted by atomic mass is 32.2. The van der Waals surface area contributed by atoms with E-state index in [0.717, 1.165) is 24.8 Å². The molecule has 0 amide bonds. The van der Waals surface area contributed by atoms with E-state index in [2.05, 4.69) is 17.1 Å². The van der Waals surface area contributed by atoms with Crippen molar-refractivity contribution in [3.63, 3.8) is 0 Å². The maximum atomic E-state index is 12.5. The van der Waals surface area contributed by atoms with Gasteiger partial charge in [0.15, 0.2) is 0 Å². The highest BCUT2D eigenvalue weighted by Crippen LogP contribution is 2.18. The molecule has 140 valence electrons. The van der Waals surface area contributed by atoms with Crippen molar-refractivity contribution in [2.45, 2.75) is 31.8 Å². The predicted molar refractivity (Wildman–Crippen MR) is 102 cm³/mol. The van der Waals surface area contributed by atoms with Crippen LogP contribution in [0.2, 0.25) is 0 Å². The van der Waals surface area contributed by atoms with Gasteiger partial charge >= 0.3 is 0 Å². The third kappa shape index (κ3) is 5.62. The Morgan fingerprint density at radius 1 is 1.00 bits per heavy atom. The van der Waals surface area contributed by atoms with Crippen LogP contribution >= 0.6 is 0 Å². The van der Waals surface area contributed by atoms with Crippen LogP contribution in [0.25, 0.3) is 0 Å². The molecule has 1 fully saturated rings. The molecule has 0 spiro atoms. The van der Waals surface area contributed by atoms with Gasteiger partial charge in [0, 0.05) is 25.5 Å². The molecule has 0 saturated carbocycles. The monoisotopic (exact) mass is 374 g/mol. The number of piperidine rings is 1. The lowest BCUT2D eigenvalue weighted by molar-refractivity contribution is 0.0230. The predicted octanol–water partition coefficient (Wildman–Crippen LogP) is 2.68. The number of hydrogen-bond donors (Lipinski definition) is 0. The average Bonchev–Trinajstić information content (AvgIpc) is 2.69. The van der Waals surface area contributed by atoms with E-state index in [4.69, 9.17) is 4.74 Å². The van der Waals surface area contributed by atoms with Crippen LogP contribution < -0.4 is 0 Å². The molecular formula is C20H26N2O3S. The molecule has 1 aromatic heterocycles. The van der Waals surface area contributed by atoms with E-state index in [9.17, 15) is 8.42 Å². The Hall–Kier alpha value is -1.76. The average molecular weight is 375 g/mol. The Bertz CT molecular complexity index is 758. The Morgan fingerprint density at radius 2 is 1.73 bits per heavy atom. The van der Waals surface area contributed by atoms with Crippen LogP contribution in [0.4, 0.5) is 0 Å². The summed E-state index contributed by atoms with van der Waals surface area (Å²) in [5.74, 6) is 0.137. The van der Waals surface area contributed by atoms with Crippen LogP contribution in [0.3, 0.4) is 0 Å². The first-order valence-electron chi connectivity index (χ1n) is 9.16. The molecule has 0 radical (unpaired) electrons. The maximum Gasteiger partial charge on any atom is 0.214 e. The summed E-state index contributed by atoms with van der Waals surface area (Å²) in [6.45, 7) is 1.78. The van der Waals surface area contributed by atoms with Gasteiger partial charge in [-0.05, 0) is 42.9 Å².